The molecule has 0 bridgehead atoms. The van der Waals surface area contributed by atoms with Gasteiger partial charge in [-0.15, -0.1) is 12.4 Å². The van der Waals surface area contributed by atoms with Gasteiger partial charge in [-0.25, -0.2) is 4.98 Å². The average Bonchev–Trinajstić information content (AvgIpc) is 3.20. The van der Waals surface area contributed by atoms with Crippen molar-refractivity contribution in [1.29, 1.82) is 0 Å². The summed E-state index contributed by atoms with van der Waals surface area (Å²) in [7, 11) is 1.51. The fourth-order valence-electron chi connectivity index (χ4n) is 4.80. The van der Waals surface area contributed by atoms with Crippen molar-refractivity contribution in [2.45, 2.75) is 39.0 Å². The van der Waals surface area contributed by atoms with Crippen LogP contribution >= 0.6 is 12.4 Å². The molecule has 37 heavy (non-hydrogen) atoms. The van der Waals surface area contributed by atoms with Gasteiger partial charge in [0.15, 0.2) is 0 Å². The zero-order valence-electron chi connectivity index (χ0n) is 21.0. The van der Waals surface area contributed by atoms with E-state index >= 15 is 0 Å². The summed E-state index contributed by atoms with van der Waals surface area (Å²) in [4.78, 5) is 36.6. The number of fused-ring (bicyclic) bond motifs is 2. The maximum absolute atomic E-state index is 13.5. The number of imidazole rings is 1. The molecule has 0 spiro atoms. The number of ether oxygens (including phenoxy) is 1. The maximum Gasteiger partial charge on any atom is 0.259 e. The quantitative estimate of drug-likeness (QED) is 0.319. The molecule has 7 nitrogen and oxygen atoms in total. The van der Waals surface area contributed by atoms with Crippen molar-refractivity contribution in [1.82, 2.24) is 9.97 Å². The second-order valence-electron chi connectivity index (χ2n) is 9.05. The standard InChI is InChI=1S/C29H30N4O3.ClH/c1-3-9-26-30-22-12-8-13-23(27(22)32-26)31-28(34)21-16-15-20(18-25(21)36-2)29(35)33-17-7-6-11-19-10-4-5-14-24(19)33;/h4-5,8,10,12-16,18H,3,6-7,9,11,17H2,1-2H3,(H,30,32)(H,31,34);1H. The number of aromatic amines is 1. The SMILES string of the molecule is CCCc1nc2c(NC(=O)c3ccc(C(=O)N4CCCCc5ccccc54)cc3OC)cccc2[nH]1.Cl. The van der Waals surface area contributed by atoms with Gasteiger partial charge < -0.3 is 19.9 Å². The van der Waals surface area contributed by atoms with Gasteiger partial charge in [-0.2, -0.15) is 0 Å². The van der Waals surface area contributed by atoms with Gasteiger partial charge in [0.05, 0.1) is 23.9 Å². The number of hydrogen-bond acceptors (Lipinski definition) is 4. The molecule has 0 fully saturated rings. The van der Waals surface area contributed by atoms with Crippen LogP contribution in [0.1, 0.15) is 58.3 Å². The molecule has 8 heteroatoms. The molecule has 0 aliphatic carbocycles. The Hall–Kier alpha value is -3.84. The van der Waals surface area contributed by atoms with Crippen molar-refractivity contribution in [2.24, 2.45) is 0 Å². The van der Waals surface area contributed by atoms with Crippen LogP contribution in [-0.4, -0.2) is 35.4 Å². The third-order valence-electron chi connectivity index (χ3n) is 6.60. The molecule has 5 rings (SSSR count). The number of carbonyl (C=O) groups is 2. The predicted molar refractivity (Wildman–Crippen MR) is 149 cm³/mol. The highest BCUT2D eigenvalue weighted by molar-refractivity contribution is 6.11. The molecule has 0 saturated carbocycles. The van der Waals surface area contributed by atoms with Gasteiger partial charge in [0, 0.05) is 24.2 Å². The first-order valence-electron chi connectivity index (χ1n) is 12.5. The summed E-state index contributed by atoms with van der Waals surface area (Å²) in [6, 6.07) is 18.7. The van der Waals surface area contributed by atoms with Crippen molar-refractivity contribution in [3.8, 4) is 5.75 Å². The summed E-state index contributed by atoms with van der Waals surface area (Å²) in [6.45, 7) is 2.76. The van der Waals surface area contributed by atoms with E-state index in [4.69, 9.17) is 4.74 Å². The van der Waals surface area contributed by atoms with Gasteiger partial charge in [0.25, 0.3) is 11.8 Å². The number of hydrogen-bond donors (Lipinski definition) is 2. The molecule has 0 unspecified atom stereocenters. The third kappa shape index (κ3) is 5.32. The van der Waals surface area contributed by atoms with Crippen molar-refractivity contribution < 1.29 is 14.3 Å². The number of aromatic nitrogens is 2. The molecule has 1 aliphatic heterocycles. The Morgan fingerprint density at radius 3 is 2.73 bits per heavy atom. The number of anilines is 2. The van der Waals surface area contributed by atoms with Crippen LogP contribution in [0.5, 0.6) is 5.75 Å². The Bertz CT molecular complexity index is 1430. The van der Waals surface area contributed by atoms with E-state index in [1.807, 2.05) is 41.3 Å². The molecular formula is C29H31ClN4O3. The number of rotatable bonds is 6. The number of nitrogens with one attached hydrogen (secondary N) is 2. The Kier molecular flexibility index (Phi) is 8.14. The molecule has 1 aromatic heterocycles. The van der Waals surface area contributed by atoms with E-state index in [2.05, 4.69) is 28.3 Å². The minimum atomic E-state index is -0.321. The van der Waals surface area contributed by atoms with Crippen molar-refractivity contribution in [3.63, 3.8) is 0 Å². The predicted octanol–water partition coefficient (Wildman–Crippen LogP) is 6.18. The van der Waals surface area contributed by atoms with E-state index in [1.165, 1.54) is 12.7 Å². The summed E-state index contributed by atoms with van der Waals surface area (Å²) in [6.07, 6.45) is 4.77. The highest BCUT2D eigenvalue weighted by atomic mass is 35.5. The first-order valence-corrected chi connectivity index (χ1v) is 12.5. The fraction of sp³-hybridized carbons (Fsp3) is 0.276. The number of H-pyrrole nitrogens is 1. The Morgan fingerprint density at radius 2 is 1.92 bits per heavy atom. The lowest BCUT2D eigenvalue weighted by molar-refractivity contribution is 0.0982. The molecular weight excluding hydrogens is 488 g/mol. The Morgan fingerprint density at radius 1 is 1.08 bits per heavy atom. The number of para-hydroxylation sites is 2. The summed E-state index contributed by atoms with van der Waals surface area (Å²) in [5.74, 6) is 0.824. The number of halogens is 1. The van der Waals surface area contributed by atoms with E-state index in [-0.39, 0.29) is 24.2 Å². The van der Waals surface area contributed by atoms with Gasteiger partial charge in [-0.3, -0.25) is 9.59 Å². The van der Waals surface area contributed by atoms with E-state index in [0.29, 0.717) is 29.1 Å². The highest BCUT2D eigenvalue weighted by Crippen LogP contribution is 2.30. The van der Waals surface area contributed by atoms with Gasteiger partial charge in [-0.1, -0.05) is 31.2 Å². The normalized spacial score (nSPS) is 12.9. The molecule has 4 aromatic rings. The van der Waals surface area contributed by atoms with Gasteiger partial charge in [-0.05, 0) is 67.6 Å². The van der Waals surface area contributed by atoms with E-state index in [1.54, 1.807) is 18.2 Å². The molecule has 0 atom stereocenters. The lowest BCUT2D eigenvalue weighted by Gasteiger charge is -2.23. The highest BCUT2D eigenvalue weighted by Gasteiger charge is 2.24. The number of amides is 2. The van der Waals surface area contributed by atoms with E-state index in [0.717, 1.165) is 54.6 Å². The number of carbonyl (C=O) groups excluding carboxylic acids is 2. The Balaban J connectivity index is 0.00000320. The molecule has 0 saturated heterocycles. The van der Waals surface area contributed by atoms with Crippen molar-refractivity contribution in [3.05, 3.63) is 83.2 Å². The summed E-state index contributed by atoms with van der Waals surface area (Å²) >= 11 is 0. The topological polar surface area (TPSA) is 87.3 Å². The van der Waals surface area contributed by atoms with Crippen LogP contribution in [0, 0.1) is 0 Å². The summed E-state index contributed by atoms with van der Waals surface area (Å²) in [5.41, 5.74) is 5.20. The second kappa shape index (κ2) is 11.5. The molecule has 1 aliphatic rings. The van der Waals surface area contributed by atoms with E-state index in [9.17, 15) is 9.59 Å². The molecule has 3 aromatic carbocycles. The van der Waals surface area contributed by atoms with Crippen LogP contribution in [0.4, 0.5) is 11.4 Å². The van der Waals surface area contributed by atoms with Crippen LogP contribution < -0.4 is 15.0 Å². The molecule has 2 N–H and O–H groups in total. The third-order valence-corrected chi connectivity index (χ3v) is 6.60. The second-order valence-corrected chi connectivity index (χ2v) is 9.05. The molecule has 2 heterocycles. The first kappa shape index (κ1) is 26.2. The van der Waals surface area contributed by atoms with Crippen molar-refractivity contribution in [2.75, 3.05) is 23.9 Å². The zero-order chi connectivity index (χ0) is 25.1. The molecule has 2 amide bonds. The van der Waals surface area contributed by atoms with Crippen LogP contribution in [0.2, 0.25) is 0 Å². The monoisotopic (exact) mass is 518 g/mol. The van der Waals surface area contributed by atoms with Crippen LogP contribution in [-0.2, 0) is 12.8 Å². The molecule has 192 valence electrons. The van der Waals surface area contributed by atoms with Crippen LogP contribution in [0.15, 0.2) is 60.7 Å². The average molecular weight is 519 g/mol. The fourth-order valence-corrected chi connectivity index (χ4v) is 4.80. The first-order chi connectivity index (χ1) is 17.6. The van der Waals surface area contributed by atoms with Gasteiger partial charge in [0.1, 0.15) is 17.1 Å². The largest absolute Gasteiger partial charge is 0.496 e. The van der Waals surface area contributed by atoms with Crippen LogP contribution in [0.25, 0.3) is 11.0 Å². The van der Waals surface area contributed by atoms with Crippen LogP contribution in [0.3, 0.4) is 0 Å². The number of aryl methyl sites for hydroxylation is 2. The maximum atomic E-state index is 13.5. The minimum absolute atomic E-state index is 0. The van der Waals surface area contributed by atoms with Gasteiger partial charge >= 0.3 is 0 Å². The number of benzene rings is 3. The summed E-state index contributed by atoms with van der Waals surface area (Å²) in [5, 5.41) is 2.97. The van der Waals surface area contributed by atoms with E-state index < -0.39 is 0 Å². The number of nitrogens with zero attached hydrogens (tertiary/aromatic N) is 2. The molecule has 0 radical (unpaired) electrons. The van der Waals surface area contributed by atoms with Crippen molar-refractivity contribution >= 4 is 46.6 Å². The zero-order valence-corrected chi connectivity index (χ0v) is 21.9. The smallest absolute Gasteiger partial charge is 0.259 e. The summed E-state index contributed by atoms with van der Waals surface area (Å²) < 4.78 is 5.55. The number of methoxy groups -OCH3 is 1. The van der Waals surface area contributed by atoms with Gasteiger partial charge in [0.2, 0.25) is 0 Å². The minimum Gasteiger partial charge on any atom is -0.496 e. The lowest BCUT2D eigenvalue weighted by Crippen LogP contribution is -2.31. The Labute approximate surface area is 222 Å². The lowest BCUT2D eigenvalue weighted by atomic mass is 10.1.